The molecule has 1 aliphatic rings. The Kier molecular flexibility index (Phi) is 5.68. The number of halogens is 1. The summed E-state index contributed by atoms with van der Waals surface area (Å²) in [5.41, 5.74) is 1.29. The highest BCUT2D eigenvalue weighted by atomic mass is 35.5. The van der Waals surface area contributed by atoms with E-state index < -0.39 is 0 Å². The highest BCUT2D eigenvalue weighted by Gasteiger charge is 2.17. The molecule has 0 spiro atoms. The van der Waals surface area contributed by atoms with E-state index in [-0.39, 0.29) is 0 Å². The number of likely N-dealkylation sites (tertiary alicyclic amines) is 1. The summed E-state index contributed by atoms with van der Waals surface area (Å²) >= 11 is 6.08. The van der Waals surface area contributed by atoms with E-state index in [0.29, 0.717) is 6.04 Å². The van der Waals surface area contributed by atoms with Gasteiger partial charge in [-0.25, -0.2) is 0 Å². The molecule has 0 saturated carbocycles. The number of hydrogen-bond donors (Lipinski definition) is 1. The van der Waals surface area contributed by atoms with Crippen LogP contribution in [0.1, 0.15) is 37.8 Å². The van der Waals surface area contributed by atoms with E-state index >= 15 is 0 Å². The number of rotatable bonds is 5. The number of hydrogen-bond acceptors (Lipinski definition) is 2. The lowest BCUT2D eigenvalue weighted by molar-refractivity contribution is 0.176. The molecule has 0 radical (unpaired) electrons. The molecule has 19 heavy (non-hydrogen) atoms. The van der Waals surface area contributed by atoms with Crippen molar-refractivity contribution in [2.24, 2.45) is 5.92 Å². The maximum Gasteiger partial charge on any atom is 0.0409 e. The molecular formula is C16H25ClN2. The van der Waals surface area contributed by atoms with Crippen molar-refractivity contribution in [2.45, 2.75) is 32.2 Å². The Morgan fingerprint density at radius 2 is 2.32 bits per heavy atom. The van der Waals surface area contributed by atoms with Gasteiger partial charge in [-0.3, -0.25) is 0 Å². The van der Waals surface area contributed by atoms with Crippen LogP contribution in [-0.2, 0) is 0 Å². The molecule has 1 heterocycles. The lowest BCUT2D eigenvalue weighted by Gasteiger charge is -2.32. The lowest BCUT2D eigenvalue weighted by Crippen LogP contribution is -2.36. The number of nitrogens with one attached hydrogen (secondary N) is 1. The first kappa shape index (κ1) is 14.8. The van der Waals surface area contributed by atoms with Gasteiger partial charge in [-0.15, -0.1) is 0 Å². The van der Waals surface area contributed by atoms with Crippen LogP contribution in [0.15, 0.2) is 24.3 Å². The smallest absolute Gasteiger partial charge is 0.0409 e. The summed E-state index contributed by atoms with van der Waals surface area (Å²) in [6, 6.07) is 8.60. The van der Waals surface area contributed by atoms with Crippen LogP contribution in [0.4, 0.5) is 0 Å². The number of nitrogens with zero attached hydrogens (tertiary/aromatic N) is 1. The third-order valence-corrected chi connectivity index (χ3v) is 4.31. The standard InChI is InChI=1S/C16H25ClN2/c1-13-5-4-9-19(12-13)10-8-16(18-2)14-6-3-7-15(17)11-14/h3,6-7,11,13,16,18H,4-5,8-10,12H2,1-2H3. The highest BCUT2D eigenvalue weighted by Crippen LogP contribution is 2.22. The van der Waals surface area contributed by atoms with Gasteiger partial charge in [0, 0.05) is 17.6 Å². The molecule has 1 fully saturated rings. The van der Waals surface area contributed by atoms with Crippen LogP contribution in [0.2, 0.25) is 5.02 Å². The van der Waals surface area contributed by atoms with E-state index in [0.717, 1.165) is 17.4 Å². The van der Waals surface area contributed by atoms with Crippen molar-refractivity contribution in [1.82, 2.24) is 10.2 Å². The summed E-state index contributed by atoms with van der Waals surface area (Å²) in [5.74, 6) is 0.855. The van der Waals surface area contributed by atoms with Crippen molar-refractivity contribution >= 4 is 11.6 Å². The molecule has 1 N–H and O–H groups in total. The molecule has 2 unspecified atom stereocenters. The van der Waals surface area contributed by atoms with E-state index in [4.69, 9.17) is 11.6 Å². The first-order valence-electron chi connectivity index (χ1n) is 7.34. The zero-order chi connectivity index (χ0) is 13.7. The molecule has 1 aromatic rings. The summed E-state index contributed by atoms with van der Waals surface area (Å²) in [4.78, 5) is 2.60. The van der Waals surface area contributed by atoms with Crippen LogP contribution in [0.3, 0.4) is 0 Å². The van der Waals surface area contributed by atoms with Gasteiger partial charge in [-0.05, 0) is 63.0 Å². The molecule has 106 valence electrons. The van der Waals surface area contributed by atoms with Crippen LogP contribution in [0.5, 0.6) is 0 Å². The fourth-order valence-electron chi connectivity index (χ4n) is 3.00. The van der Waals surface area contributed by atoms with Crippen LogP contribution < -0.4 is 5.32 Å². The van der Waals surface area contributed by atoms with Crippen LogP contribution in [-0.4, -0.2) is 31.6 Å². The third-order valence-electron chi connectivity index (χ3n) is 4.07. The lowest BCUT2D eigenvalue weighted by atomic mass is 9.99. The second-order valence-corrected chi connectivity index (χ2v) is 6.17. The molecule has 1 saturated heterocycles. The van der Waals surface area contributed by atoms with Crippen LogP contribution in [0, 0.1) is 5.92 Å². The predicted octanol–water partition coefficient (Wildman–Crippen LogP) is 3.72. The Hall–Kier alpha value is -0.570. The van der Waals surface area contributed by atoms with Gasteiger partial charge < -0.3 is 10.2 Å². The summed E-state index contributed by atoms with van der Waals surface area (Å²) < 4.78 is 0. The van der Waals surface area contributed by atoms with E-state index in [1.165, 1.54) is 38.0 Å². The number of benzene rings is 1. The SMILES string of the molecule is CNC(CCN1CCCC(C)C1)c1cccc(Cl)c1. The van der Waals surface area contributed by atoms with Crippen molar-refractivity contribution in [3.05, 3.63) is 34.9 Å². The second kappa shape index (κ2) is 7.28. The normalized spacial score (nSPS) is 22.4. The van der Waals surface area contributed by atoms with Gasteiger partial charge >= 0.3 is 0 Å². The summed E-state index contributed by atoms with van der Waals surface area (Å²) in [6.07, 6.45) is 3.88. The van der Waals surface area contributed by atoms with E-state index in [1.54, 1.807) is 0 Å². The van der Waals surface area contributed by atoms with Gasteiger partial charge in [0.05, 0.1) is 0 Å². The zero-order valence-electron chi connectivity index (χ0n) is 12.0. The minimum absolute atomic E-state index is 0.399. The van der Waals surface area contributed by atoms with Gasteiger partial charge in [0.1, 0.15) is 0 Å². The second-order valence-electron chi connectivity index (χ2n) is 5.73. The van der Waals surface area contributed by atoms with E-state index in [2.05, 4.69) is 29.3 Å². The Bertz CT molecular complexity index is 394. The van der Waals surface area contributed by atoms with Crippen molar-refractivity contribution in [2.75, 3.05) is 26.7 Å². The molecule has 2 atom stereocenters. The summed E-state index contributed by atoms with van der Waals surface area (Å²) in [5, 5.41) is 4.23. The molecule has 0 bridgehead atoms. The average molecular weight is 281 g/mol. The first-order chi connectivity index (χ1) is 9.19. The fourth-order valence-corrected chi connectivity index (χ4v) is 3.20. The Labute approximate surface area is 122 Å². The monoisotopic (exact) mass is 280 g/mol. The maximum atomic E-state index is 6.08. The highest BCUT2D eigenvalue weighted by molar-refractivity contribution is 6.30. The quantitative estimate of drug-likeness (QED) is 0.884. The maximum absolute atomic E-state index is 6.08. The Morgan fingerprint density at radius 3 is 3.00 bits per heavy atom. The van der Waals surface area contributed by atoms with E-state index in [9.17, 15) is 0 Å². The molecule has 0 amide bonds. The topological polar surface area (TPSA) is 15.3 Å². The van der Waals surface area contributed by atoms with Gasteiger partial charge in [-0.1, -0.05) is 30.7 Å². The van der Waals surface area contributed by atoms with Gasteiger partial charge in [-0.2, -0.15) is 0 Å². The van der Waals surface area contributed by atoms with Crippen molar-refractivity contribution in [1.29, 1.82) is 0 Å². The van der Waals surface area contributed by atoms with Crippen LogP contribution >= 0.6 is 11.6 Å². The Morgan fingerprint density at radius 1 is 1.47 bits per heavy atom. The third kappa shape index (κ3) is 4.48. The molecule has 3 heteroatoms. The largest absolute Gasteiger partial charge is 0.313 e. The minimum Gasteiger partial charge on any atom is -0.313 e. The molecular weight excluding hydrogens is 256 g/mol. The fraction of sp³-hybridized carbons (Fsp3) is 0.625. The van der Waals surface area contributed by atoms with Gasteiger partial charge in [0.2, 0.25) is 0 Å². The summed E-state index contributed by atoms with van der Waals surface area (Å²) in [6.45, 7) is 6.04. The molecule has 0 aliphatic carbocycles. The molecule has 2 nitrogen and oxygen atoms in total. The molecule has 1 aromatic carbocycles. The number of piperidine rings is 1. The molecule has 1 aliphatic heterocycles. The van der Waals surface area contributed by atoms with Crippen LogP contribution in [0.25, 0.3) is 0 Å². The molecule has 2 rings (SSSR count). The van der Waals surface area contributed by atoms with Crippen molar-refractivity contribution in [3.63, 3.8) is 0 Å². The molecule has 0 aromatic heterocycles. The van der Waals surface area contributed by atoms with Gasteiger partial charge in [0.15, 0.2) is 0 Å². The minimum atomic E-state index is 0.399. The van der Waals surface area contributed by atoms with Crippen molar-refractivity contribution < 1.29 is 0 Å². The Balaban J connectivity index is 1.89. The van der Waals surface area contributed by atoms with E-state index in [1.807, 2.05) is 19.2 Å². The van der Waals surface area contributed by atoms with Gasteiger partial charge in [0.25, 0.3) is 0 Å². The predicted molar refractivity (Wildman–Crippen MR) is 82.7 cm³/mol. The van der Waals surface area contributed by atoms with Crippen molar-refractivity contribution in [3.8, 4) is 0 Å². The summed E-state index contributed by atoms with van der Waals surface area (Å²) in [7, 11) is 2.03. The first-order valence-corrected chi connectivity index (χ1v) is 7.72. The average Bonchev–Trinajstić information content (AvgIpc) is 2.40. The zero-order valence-corrected chi connectivity index (χ0v) is 12.8.